The van der Waals surface area contributed by atoms with Crippen LogP contribution in [0.4, 0.5) is 18.9 Å². The minimum Gasteiger partial charge on any atom is -0.406 e. The number of amides is 1. The number of carbonyl (C=O) groups is 1. The molecule has 3 aromatic rings. The van der Waals surface area contributed by atoms with Crippen LogP contribution in [0.25, 0.3) is 0 Å². The molecule has 0 aliphatic heterocycles. The number of rotatable bonds is 5. The molecule has 0 aliphatic carbocycles. The third-order valence-electron chi connectivity index (χ3n) is 3.82. The highest BCUT2D eigenvalue weighted by Gasteiger charge is 2.30. The van der Waals surface area contributed by atoms with Gasteiger partial charge in [0, 0.05) is 11.9 Å². The molecule has 8 heteroatoms. The first-order valence-electron chi connectivity index (χ1n) is 8.22. The zero-order chi connectivity index (χ0) is 20.1. The fourth-order valence-corrected chi connectivity index (χ4v) is 2.44. The number of aromatic nitrogens is 1. The van der Waals surface area contributed by atoms with Gasteiger partial charge in [-0.15, -0.1) is 0 Å². The summed E-state index contributed by atoms with van der Waals surface area (Å²) < 4.78 is 39.3. The average molecular weight is 388 g/mol. The zero-order valence-corrected chi connectivity index (χ0v) is 14.4. The van der Waals surface area contributed by atoms with Crippen LogP contribution in [0.15, 0.2) is 77.7 Å². The molecule has 5 nitrogen and oxygen atoms in total. The Morgan fingerprint density at radius 3 is 2.46 bits per heavy atom. The summed E-state index contributed by atoms with van der Waals surface area (Å²) in [6.07, 6.45) is -3.18. The van der Waals surface area contributed by atoms with Gasteiger partial charge in [-0.25, -0.2) is 0 Å². The van der Waals surface area contributed by atoms with Gasteiger partial charge in [-0.2, -0.15) is 17.9 Å². The van der Waals surface area contributed by atoms with Crippen molar-refractivity contribution in [2.75, 3.05) is 5.32 Å². The van der Waals surface area contributed by atoms with Gasteiger partial charge in [0.15, 0.2) is 0 Å². The number of nitrogens with zero attached hydrogens (tertiary/aromatic N) is 1. The predicted octanol–water partition coefficient (Wildman–Crippen LogP) is 3.75. The maximum Gasteiger partial charge on any atom is 0.416 e. The van der Waals surface area contributed by atoms with Crippen molar-refractivity contribution in [3.63, 3.8) is 0 Å². The number of benzene rings is 2. The molecule has 0 saturated heterocycles. The molecule has 1 amide bonds. The van der Waals surface area contributed by atoms with E-state index in [1.54, 1.807) is 0 Å². The van der Waals surface area contributed by atoms with Crippen molar-refractivity contribution in [3.05, 3.63) is 100.0 Å². The van der Waals surface area contributed by atoms with E-state index < -0.39 is 23.2 Å². The van der Waals surface area contributed by atoms with Gasteiger partial charge in [0.25, 0.3) is 11.5 Å². The first-order valence-corrected chi connectivity index (χ1v) is 8.22. The van der Waals surface area contributed by atoms with E-state index in [1.165, 1.54) is 30.5 Å². The molecule has 0 unspecified atom stereocenters. The van der Waals surface area contributed by atoms with Crippen molar-refractivity contribution in [3.8, 4) is 0 Å². The lowest BCUT2D eigenvalue weighted by Crippen LogP contribution is -2.32. The fraction of sp³-hybridized carbons (Fsp3) is 0.100. The Morgan fingerprint density at radius 2 is 1.75 bits per heavy atom. The van der Waals surface area contributed by atoms with Crippen LogP contribution in [0.1, 0.15) is 21.5 Å². The monoisotopic (exact) mass is 388 g/mol. The van der Waals surface area contributed by atoms with Gasteiger partial charge >= 0.3 is 6.18 Å². The SMILES string of the molecule is O=C(Nc1cccc(C(F)(F)F)c1)c1cccn(OCc2ccccc2)c1=O. The van der Waals surface area contributed by atoms with Crippen LogP contribution in [-0.4, -0.2) is 10.6 Å². The molecule has 144 valence electrons. The summed E-state index contributed by atoms with van der Waals surface area (Å²) in [5, 5.41) is 2.30. The van der Waals surface area contributed by atoms with E-state index in [-0.39, 0.29) is 17.9 Å². The van der Waals surface area contributed by atoms with Crippen LogP contribution >= 0.6 is 0 Å². The third kappa shape index (κ3) is 4.59. The number of anilines is 1. The van der Waals surface area contributed by atoms with Crippen molar-refractivity contribution in [2.45, 2.75) is 12.8 Å². The molecule has 0 atom stereocenters. The van der Waals surface area contributed by atoms with Gasteiger partial charge in [0.2, 0.25) is 0 Å². The van der Waals surface area contributed by atoms with Gasteiger partial charge in [-0.1, -0.05) is 36.4 Å². The summed E-state index contributed by atoms with van der Waals surface area (Å²) in [5.74, 6) is -0.831. The molecule has 0 bridgehead atoms. The van der Waals surface area contributed by atoms with E-state index in [2.05, 4.69) is 5.32 Å². The Kier molecular flexibility index (Phi) is 5.49. The van der Waals surface area contributed by atoms with Crippen LogP contribution in [0, 0.1) is 0 Å². The van der Waals surface area contributed by atoms with E-state index in [1.807, 2.05) is 30.3 Å². The molecule has 0 saturated carbocycles. The maximum atomic E-state index is 12.8. The highest BCUT2D eigenvalue weighted by Crippen LogP contribution is 2.30. The standard InChI is InChI=1S/C20H15F3N2O3/c21-20(22,23)15-8-4-9-16(12-15)24-18(26)17-10-5-11-25(19(17)27)28-13-14-6-2-1-3-7-14/h1-12H,13H2,(H,24,26). The van der Waals surface area contributed by atoms with Gasteiger partial charge in [-0.3, -0.25) is 9.59 Å². The average Bonchev–Trinajstić information content (AvgIpc) is 2.67. The number of hydrogen-bond acceptors (Lipinski definition) is 3. The summed E-state index contributed by atoms with van der Waals surface area (Å²) >= 11 is 0. The molecule has 0 radical (unpaired) electrons. The van der Waals surface area contributed by atoms with Gasteiger partial charge in [-0.05, 0) is 35.9 Å². The summed E-state index contributed by atoms with van der Waals surface area (Å²) in [4.78, 5) is 30.2. The summed E-state index contributed by atoms with van der Waals surface area (Å²) in [6.45, 7) is 0.111. The van der Waals surface area contributed by atoms with Crippen molar-refractivity contribution in [1.29, 1.82) is 0 Å². The molecule has 0 aliphatic rings. The predicted molar refractivity (Wildman–Crippen MR) is 96.8 cm³/mol. The van der Waals surface area contributed by atoms with Crippen LogP contribution < -0.4 is 15.7 Å². The van der Waals surface area contributed by atoms with Crippen molar-refractivity contribution in [1.82, 2.24) is 4.73 Å². The number of pyridine rings is 1. The second-order valence-corrected chi connectivity index (χ2v) is 5.84. The van der Waals surface area contributed by atoms with Gasteiger partial charge in [0.05, 0.1) is 5.56 Å². The van der Waals surface area contributed by atoms with E-state index in [0.29, 0.717) is 0 Å². The second-order valence-electron chi connectivity index (χ2n) is 5.84. The molecule has 1 aromatic heterocycles. The summed E-state index contributed by atoms with van der Waals surface area (Å²) in [6, 6.07) is 16.0. The molecule has 1 heterocycles. The molecule has 1 N–H and O–H groups in total. The molecular weight excluding hydrogens is 373 g/mol. The molecule has 28 heavy (non-hydrogen) atoms. The van der Waals surface area contributed by atoms with Gasteiger partial charge < -0.3 is 10.2 Å². The third-order valence-corrected chi connectivity index (χ3v) is 3.82. The second kappa shape index (κ2) is 7.99. The minimum absolute atomic E-state index is 0.0696. The topological polar surface area (TPSA) is 60.3 Å². The first kappa shape index (κ1) is 19.2. The van der Waals surface area contributed by atoms with E-state index in [9.17, 15) is 22.8 Å². The van der Waals surface area contributed by atoms with Gasteiger partial charge in [0.1, 0.15) is 12.2 Å². The van der Waals surface area contributed by atoms with E-state index in [4.69, 9.17) is 4.84 Å². The van der Waals surface area contributed by atoms with Crippen molar-refractivity contribution >= 4 is 11.6 Å². The number of carbonyl (C=O) groups excluding carboxylic acids is 1. The number of halogens is 3. The quantitative estimate of drug-likeness (QED) is 0.724. The fourth-order valence-electron chi connectivity index (χ4n) is 2.44. The minimum atomic E-state index is -4.54. The number of alkyl halides is 3. The van der Waals surface area contributed by atoms with Crippen LogP contribution in [0.3, 0.4) is 0 Å². The Bertz CT molecular complexity index is 1030. The molecule has 0 spiro atoms. The van der Waals surface area contributed by atoms with Crippen LogP contribution in [-0.2, 0) is 12.8 Å². The lowest BCUT2D eigenvalue weighted by molar-refractivity contribution is -0.137. The Balaban J connectivity index is 1.76. The molecule has 0 fully saturated rings. The number of hydrogen-bond donors (Lipinski definition) is 1. The summed E-state index contributed by atoms with van der Waals surface area (Å²) in [7, 11) is 0. The lowest BCUT2D eigenvalue weighted by atomic mass is 10.2. The van der Waals surface area contributed by atoms with Crippen LogP contribution in [0.5, 0.6) is 0 Å². The highest BCUT2D eigenvalue weighted by atomic mass is 19.4. The molecule has 2 aromatic carbocycles. The largest absolute Gasteiger partial charge is 0.416 e. The normalized spacial score (nSPS) is 11.1. The Morgan fingerprint density at radius 1 is 1.00 bits per heavy atom. The Hall–Kier alpha value is -3.55. The van der Waals surface area contributed by atoms with Crippen molar-refractivity contribution < 1.29 is 22.8 Å². The van der Waals surface area contributed by atoms with Crippen LogP contribution in [0.2, 0.25) is 0 Å². The van der Waals surface area contributed by atoms with E-state index >= 15 is 0 Å². The highest BCUT2D eigenvalue weighted by molar-refractivity contribution is 6.04. The molecule has 3 rings (SSSR count). The number of nitrogens with one attached hydrogen (secondary N) is 1. The lowest BCUT2D eigenvalue weighted by Gasteiger charge is -2.11. The first-order chi connectivity index (χ1) is 13.3. The smallest absolute Gasteiger partial charge is 0.406 e. The van der Waals surface area contributed by atoms with Crippen molar-refractivity contribution in [2.24, 2.45) is 0 Å². The molecular formula is C20H15F3N2O3. The Labute approximate surface area is 158 Å². The van der Waals surface area contributed by atoms with E-state index in [0.717, 1.165) is 22.4 Å². The maximum absolute atomic E-state index is 12.8. The zero-order valence-electron chi connectivity index (χ0n) is 14.4. The summed E-state index contributed by atoms with van der Waals surface area (Å²) in [5.41, 5.74) is -1.12.